The minimum Gasteiger partial charge on any atom is -0.455 e. The van der Waals surface area contributed by atoms with Gasteiger partial charge in [-0.2, -0.15) is 30.4 Å². The van der Waals surface area contributed by atoms with Crippen molar-refractivity contribution in [3.63, 3.8) is 0 Å². The predicted octanol–water partition coefficient (Wildman–Crippen LogP) is 4.34. The van der Waals surface area contributed by atoms with Crippen LogP contribution in [0.1, 0.15) is 61.8 Å². The van der Waals surface area contributed by atoms with Crippen molar-refractivity contribution >= 4 is 22.1 Å². The first-order valence-corrected chi connectivity index (χ1v) is 11.3. The summed E-state index contributed by atoms with van der Waals surface area (Å²) in [5.74, 6) is -9.60. The highest BCUT2D eigenvalue weighted by Crippen LogP contribution is 2.43. The molecular weight excluding hydrogens is 483 g/mol. The molecule has 0 aromatic rings. The lowest BCUT2D eigenvalue weighted by Crippen LogP contribution is -2.62. The molecule has 0 fully saturated rings. The molecule has 33 heavy (non-hydrogen) atoms. The topological polar surface area (TPSA) is 116 Å². The Bertz CT molecular complexity index is 817. The second-order valence-electron chi connectivity index (χ2n) is 9.58. The summed E-state index contributed by atoms with van der Waals surface area (Å²) in [5, 5.41) is -5.27. The minimum absolute atomic E-state index is 0.00701. The summed E-state index contributed by atoms with van der Waals surface area (Å²) in [5.41, 5.74) is -3.24. The van der Waals surface area contributed by atoms with Gasteiger partial charge in [-0.15, -0.1) is 0 Å². The van der Waals surface area contributed by atoms with Gasteiger partial charge in [0.1, 0.15) is 12.2 Å². The highest BCUT2D eigenvalue weighted by Gasteiger charge is 2.70. The van der Waals surface area contributed by atoms with Crippen molar-refractivity contribution in [3.05, 3.63) is 0 Å². The molecule has 196 valence electrons. The second-order valence-corrected chi connectivity index (χ2v) is 11.1. The van der Waals surface area contributed by atoms with E-state index < -0.39 is 62.8 Å². The van der Waals surface area contributed by atoms with Gasteiger partial charge in [-0.25, -0.2) is 4.79 Å². The molecule has 1 N–H and O–H groups in total. The van der Waals surface area contributed by atoms with Gasteiger partial charge >= 0.3 is 39.3 Å². The number of carbonyl (C=O) groups is 2. The number of halogens is 5. The normalized spacial score (nSPS) is 17.5. The fourth-order valence-electron chi connectivity index (χ4n) is 2.64. The predicted molar refractivity (Wildman–Crippen MR) is 106 cm³/mol. The van der Waals surface area contributed by atoms with Gasteiger partial charge in [-0.1, -0.05) is 27.7 Å². The Balaban J connectivity index is 6.70. The molecule has 0 aliphatic rings. The molecule has 0 spiro atoms. The number of esters is 2. The third-order valence-corrected chi connectivity index (χ3v) is 5.54. The molecular formula is C19H31F5O8S. The van der Waals surface area contributed by atoms with E-state index in [-0.39, 0.29) is 12.3 Å². The van der Waals surface area contributed by atoms with Crippen molar-refractivity contribution in [1.29, 1.82) is 0 Å². The summed E-state index contributed by atoms with van der Waals surface area (Å²) in [7, 11) is -6.24. The molecule has 0 aromatic heterocycles. The Hall–Kier alpha value is -1.54. The Kier molecular flexibility index (Phi) is 9.52. The monoisotopic (exact) mass is 514 g/mol. The summed E-state index contributed by atoms with van der Waals surface area (Å²) in [6.45, 7) is 8.39. The number of rotatable bonds is 10. The molecule has 2 unspecified atom stereocenters. The highest BCUT2D eigenvalue weighted by atomic mass is 32.2. The van der Waals surface area contributed by atoms with E-state index in [2.05, 4.69) is 14.2 Å². The average molecular weight is 515 g/mol. The SMILES string of the molecule is CC(C)CC(C)(C(=O)OC(OCC(F)(F)S(=O)(=O)O)(C(=O)OC(C)(C)C)C(F)(F)F)C(C)C. The molecule has 0 rings (SSSR count). The molecule has 2 atom stereocenters. The molecule has 0 amide bonds. The lowest BCUT2D eigenvalue weighted by atomic mass is 9.73. The Morgan fingerprint density at radius 3 is 1.64 bits per heavy atom. The highest BCUT2D eigenvalue weighted by molar-refractivity contribution is 7.86. The van der Waals surface area contributed by atoms with Crippen molar-refractivity contribution < 1.29 is 58.7 Å². The van der Waals surface area contributed by atoms with Crippen molar-refractivity contribution in [2.75, 3.05) is 6.61 Å². The lowest BCUT2D eigenvalue weighted by molar-refractivity contribution is -0.365. The largest absolute Gasteiger partial charge is 0.468 e. The first-order chi connectivity index (χ1) is 14.3. The van der Waals surface area contributed by atoms with Crippen LogP contribution in [-0.4, -0.2) is 54.3 Å². The molecule has 14 heteroatoms. The summed E-state index contributed by atoms with van der Waals surface area (Å²) in [6.07, 6.45) is -5.98. The van der Waals surface area contributed by atoms with Crippen LogP contribution in [0.4, 0.5) is 22.0 Å². The zero-order valence-corrected chi connectivity index (χ0v) is 20.5. The summed E-state index contributed by atoms with van der Waals surface area (Å²) in [4.78, 5) is 25.5. The van der Waals surface area contributed by atoms with Crippen molar-refractivity contribution in [1.82, 2.24) is 0 Å². The number of hydrogen-bond acceptors (Lipinski definition) is 7. The van der Waals surface area contributed by atoms with Gasteiger partial charge in [0.2, 0.25) is 0 Å². The van der Waals surface area contributed by atoms with Crippen LogP contribution >= 0.6 is 0 Å². The van der Waals surface area contributed by atoms with Crippen LogP contribution in [0.3, 0.4) is 0 Å². The van der Waals surface area contributed by atoms with E-state index in [4.69, 9.17) is 4.55 Å². The van der Waals surface area contributed by atoms with Crippen molar-refractivity contribution in [3.8, 4) is 0 Å². The van der Waals surface area contributed by atoms with E-state index >= 15 is 0 Å². The minimum atomic E-state index is -6.24. The van der Waals surface area contributed by atoms with Gasteiger partial charge in [-0.3, -0.25) is 9.35 Å². The summed E-state index contributed by atoms with van der Waals surface area (Å²) < 4.78 is 113. The first kappa shape index (κ1) is 31.5. The molecule has 0 aliphatic heterocycles. The Morgan fingerprint density at radius 2 is 1.33 bits per heavy atom. The molecule has 0 radical (unpaired) electrons. The Morgan fingerprint density at radius 1 is 0.879 bits per heavy atom. The van der Waals surface area contributed by atoms with Gasteiger partial charge in [0.05, 0.1) is 5.41 Å². The van der Waals surface area contributed by atoms with E-state index in [1.54, 1.807) is 13.8 Å². The zero-order valence-electron chi connectivity index (χ0n) is 19.7. The van der Waals surface area contributed by atoms with E-state index in [1.165, 1.54) is 20.8 Å². The van der Waals surface area contributed by atoms with E-state index in [0.717, 1.165) is 20.8 Å². The summed E-state index contributed by atoms with van der Waals surface area (Å²) in [6, 6.07) is 0. The first-order valence-electron chi connectivity index (χ1n) is 9.85. The number of carbonyl (C=O) groups excluding carboxylic acids is 2. The van der Waals surface area contributed by atoms with Crippen LogP contribution < -0.4 is 0 Å². The van der Waals surface area contributed by atoms with Gasteiger partial charge in [0.15, 0.2) is 0 Å². The second kappa shape index (κ2) is 9.98. The molecule has 0 aromatic carbocycles. The van der Waals surface area contributed by atoms with Crippen LogP contribution in [-0.2, 0) is 33.9 Å². The van der Waals surface area contributed by atoms with Gasteiger partial charge in [-0.05, 0) is 46.0 Å². The lowest BCUT2D eigenvalue weighted by Gasteiger charge is -2.39. The molecule has 8 nitrogen and oxygen atoms in total. The Labute approximate surface area is 189 Å². The van der Waals surface area contributed by atoms with Crippen LogP contribution in [0.15, 0.2) is 0 Å². The fraction of sp³-hybridized carbons (Fsp3) is 0.895. The molecule has 0 aliphatic carbocycles. The van der Waals surface area contributed by atoms with Crippen LogP contribution in [0.2, 0.25) is 0 Å². The van der Waals surface area contributed by atoms with Gasteiger partial charge < -0.3 is 14.2 Å². The average Bonchev–Trinajstić information content (AvgIpc) is 2.53. The van der Waals surface area contributed by atoms with Gasteiger partial charge in [0.25, 0.3) is 0 Å². The van der Waals surface area contributed by atoms with Crippen LogP contribution in [0.5, 0.6) is 0 Å². The van der Waals surface area contributed by atoms with Crippen LogP contribution in [0.25, 0.3) is 0 Å². The number of alkyl halides is 5. The smallest absolute Gasteiger partial charge is 0.455 e. The third-order valence-electron chi connectivity index (χ3n) is 4.67. The van der Waals surface area contributed by atoms with Crippen molar-refractivity contribution in [2.45, 2.75) is 84.6 Å². The third kappa shape index (κ3) is 7.74. The summed E-state index contributed by atoms with van der Waals surface area (Å²) >= 11 is 0. The fourth-order valence-corrected chi connectivity index (χ4v) is 2.85. The van der Waals surface area contributed by atoms with E-state index in [0.29, 0.717) is 0 Å². The van der Waals surface area contributed by atoms with E-state index in [9.17, 15) is 40.0 Å². The molecule has 0 bridgehead atoms. The maximum absolute atomic E-state index is 14.1. The quantitative estimate of drug-likeness (QED) is 0.198. The molecule has 0 saturated carbocycles. The number of hydrogen-bond donors (Lipinski definition) is 1. The van der Waals surface area contributed by atoms with E-state index in [1.807, 2.05) is 0 Å². The maximum Gasteiger partial charge on any atom is 0.468 e. The maximum atomic E-state index is 14.1. The van der Waals surface area contributed by atoms with Gasteiger partial charge in [0, 0.05) is 0 Å². The van der Waals surface area contributed by atoms with Crippen LogP contribution in [0, 0.1) is 17.3 Å². The molecule has 0 saturated heterocycles. The number of ether oxygens (including phenoxy) is 3. The van der Waals surface area contributed by atoms with Crippen molar-refractivity contribution in [2.24, 2.45) is 17.3 Å². The zero-order chi connectivity index (χ0) is 26.8. The molecule has 0 heterocycles. The standard InChI is InChI=1S/C19H31F5O8S/c1-11(2)9-16(8,12(3)4)13(25)32-18(19(22,23)24,14(26)31-15(5,6)7)30-10-17(20,21)33(27,28)29/h11-12H,9-10H2,1-8H3,(H,27,28,29).